The lowest BCUT2D eigenvalue weighted by molar-refractivity contribution is -0.305. The molecule has 7 heteroatoms. The number of aliphatic hydroxyl groups is 1. The summed E-state index contributed by atoms with van der Waals surface area (Å²) < 4.78 is 0. The summed E-state index contributed by atoms with van der Waals surface area (Å²) >= 11 is 5.87. The van der Waals surface area contributed by atoms with Gasteiger partial charge < -0.3 is 19.9 Å². The molecule has 1 amide bonds. The molecule has 2 aromatic carbocycles. The number of carbonyl (C=O) groups excluding carboxylic acids is 3. The van der Waals surface area contributed by atoms with E-state index >= 15 is 0 Å². The van der Waals surface area contributed by atoms with Crippen LogP contribution in [0.3, 0.4) is 0 Å². The molecule has 0 aliphatic carbocycles. The Morgan fingerprint density at radius 1 is 1.11 bits per heavy atom. The van der Waals surface area contributed by atoms with Crippen molar-refractivity contribution < 1.29 is 24.6 Å². The second-order valence-corrected chi connectivity index (χ2v) is 6.97. The highest BCUT2D eigenvalue weighted by atomic mass is 35.5. The molecule has 0 saturated carbocycles. The Labute approximate surface area is 166 Å². The molecular formula is C21H17ClNO5-. The maximum absolute atomic E-state index is 12.7. The van der Waals surface area contributed by atoms with Gasteiger partial charge in [-0.15, -0.1) is 0 Å². The van der Waals surface area contributed by atoms with Gasteiger partial charge >= 0.3 is 0 Å². The SMILES string of the molecule is Cc1ccc([C@@H]2C(=C(O)c3ccc(Cl)cc3)C(=O)C(=O)N2CCC(=O)[O-])cc1. The van der Waals surface area contributed by atoms with Gasteiger partial charge in [0.2, 0.25) is 0 Å². The van der Waals surface area contributed by atoms with E-state index in [0.717, 1.165) is 10.5 Å². The molecule has 6 nitrogen and oxygen atoms in total. The molecule has 0 spiro atoms. The number of carbonyl (C=O) groups is 3. The van der Waals surface area contributed by atoms with Crippen LogP contribution in [0.2, 0.25) is 5.02 Å². The fourth-order valence-corrected chi connectivity index (χ4v) is 3.31. The van der Waals surface area contributed by atoms with E-state index in [0.29, 0.717) is 16.1 Å². The minimum absolute atomic E-state index is 0.0884. The largest absolute Gasteiger partial charge is 0.550 e. The van der Waals surface area contributed by atoms with Crippen molar-refractivity contribution in [1.82, 2.24) is 4.90 Å². The average molecular weight is 399 g/mol. The standard InChI is InChI=1S/C21H18ClNO5/c1-12-2-4-13(5-3-12)18-17(19(26)14-6-8-15(22)9-7-14)20(27)21(28)23(18)11-10-16(24)25/h2-9,18,26H,10-11H2,1H3,(H,24,25)/p-1/t18-/m1/s1. The monoisotopic (exact) mass is 398 g/mol. The van der Waals surface area contributed by atoms with E-state index in [9.17, 15) is 24.6 Å². The number of Topliss-reactive ketones (excluding diaryl/α,β-unsaturated/α-hetero) is 1. The van der Waals surface area contributed by atoms with Crippen LogP contribution in [0.4, 0.5) is 0 Å². The first-order chi connectivity index (χ1) is 13.3. The van der Waals surface area contributed by atoms with Gasteiger partial charge in [-0.3, -0.25) is 9.59 Å². The third-order valence-corrected chi connectivity index (χ3v) is 4.86. The Morgan fingerprint density at radius 2 is 1.71 bits per heavy atom. The number of hydrogen-bond donors (Lipinski definition) is 1. The van der Waals surface area contributed by atoms with Gasteiger partial charge in [-0.25, -0.2) is 0 Å². The van der Waals surface area contributed by atoms with Crippen molar-refractivity contribution in [2.45, 2.75) is 19.4 Å². The Bertz CT molecular complexity index is 963. The van der Waals surface area contributed by atoms with Crippen molar-refractivity contribution in [3.8, 4) is 0 Å². The van der Waals surface area contributed by atoms with Crippen LogP contribution in [0.25, 0.3) is 5.76 Å². The predicted molar refractivity (Wildman–Crippen MR) is 101 cm³/mol. The van der Waals surface area contributed by atoms with Crippen LogP contribution in [0.1, 0.15) is 29.2 Å². The molecule has 144 valence electrons. The number of hydrogen-bond acceptors (Lipinski definition) is 5. The van der Waals surface area contributed by atoms with Crippen molar-refractivity contribution in [1.29, 1.82) is 0 Å². The highest BCUT2D eigenvalue weighted by Crippen LogP contribution is 2.39. The van der Waals surface area contributed by atoms with E-state index in [2.05, 4.69) is 0 Å². The van der Waals surface area contributed by atoms with Gasteiger partial charge in [0.05, 0.1) is 11.6 Å². The van der Waals surface area contributed by atoms with Crippen LogP contribution in [-0.4, -0.2) is 34.2 Å². The summed E-state index contributed by atoms with van der Waals surface area (Å²) in [5.74, 6) is -3.39. The molecule has 1 aliphatic heterocycles. The number of benzene rings is 2. The van der Waals surface area contributed by atoms with Gasteiger partial charge in [-0.2, -0.15) is 0 Å². The van der Waals surface area contributed by atoms with Crippen molar-refractivity contribution in [2.24, 2.45) is 0 Å². The molecule has 0 aromatic heterocycles. The number of halogens is 1. The molecule has 1 heterocycles. The van der Waals surface area contributed by atoms with E-state index in [1.54, 1.807) is 36.4 Å². The van der Waals surface area contributed by atoms with Crippen molar-refractivity contribution in [3.05, 3.63) is 75.8 Å². The van der Waals surface area contributed by atoms with Crippen LogP contribution in [0, 0.1) is 6.92 Å². The van der Waals surface area contributed by atoms with Crippen LogP contribution in [-0.2, 0) is 14.4 Å². The molecule has 1 aliphatic rings. The summed E-state index contributed by atoms with van der Waals surface area (Å²) in [6.45, 7) is 1.69. The first-order valence-electron chi connectivity index (χ1n) is 8.60. The number of rotatable bonds is 5. The highest BCUT2D eigenvalue weighted by Gasteiger charge is 2.45. The van der Waals surface area contributed by atoms with E-state index in [4.69, 9.17) is 11.6 Å². The van der Waals surface area contributed by atoms with Crippen molar-refractivity contribution >= 4 is 35.0 Å². The molecule has 0 bridgehead atoms. The summed E-state index contributed by atoms with van der Waals surface area (Å²) in [5, 5.41) is 22.1. The Morgan fingerprint density at radius 3 is 2.29 bits per heavy atom. The number of likely N-dealkylation sites (tertiary alicyclic amines) is 1. The Balaban J connectivity index is 2.14. The van der Waals surface area contributed by atoms with Gasteiger partial charge in [0.15, 0.2) is 0 Å². The van der Waals surface area contributed by atoms with Gasteiger partial charge in [-0.05, 0) is 36.8 Å². The Hall–Kier alpha value is -3.12. The summed E-state index contributed by atoms with van der Waals surface area (Å²) in [6, 6.07) is 12.4. The number of amides is 1. The lowest BCUT2D eigenvalue weighted by Crippen LogP contribution is -2.34. The maximum Gasteiger partial charge on any atom is 0.295 e. The van der Waals surface area contributed by atoms with Crippen LogP contribution in [0.15, 0.2) is 54.1 Å². The number of aryl methyl sites for hydroxylation is 1. The molecule has 0 unspecified atom stereocenters. The number of nitrogens with zero attached hydrogens (tertiary/aromatic N) is 1. The number of aliphatic hydroxyl groups excluding tert-OH is 1. The van der Waals surface area contributed by atoms with E-state index in [1.807, 2.05) is 19.1 Å². The summed E-state index contributed by atoms with van der Waals surface area (Å²) in [7, 11) is 0. The second kappa shape index (κ2) is 7.86. The van der Waals surface area contributed by atoms with E-state index < -0.39 is 30.1 Å². The third-order valence-electron chi connectivity index (χ3n) is 4.61. The normalized spacial score (nSPS) is 18.5. The van der Waals surface area contributed by atoms with Gasteiger partial charge in [0.1, 0.15) is 5.76 Å². The first kappa shape index (κ1) is 19.6. The molecule has 28 heavy (non-hydrogen) atoms. The maximum atomic E-state index is 12.7. The fourth-order valence-electron chi connectivity index (χ4n) is 3.18. The molecular weight excluding hydrogens is 382 g/mol. The zero-order valence-electron chi connectivity index (χ0n) is 15.0. The number of carboxylic acids is 1. The fraction of sp³-hybridized carbons (Fsp3) is 0.190. The van der Waals surface area contributed by atoms with Crippen molar-refractivity contribution in [3.63, 3.8) is 0 Å². The molecule has 1 saturated heterocycles. The molecule has 1 N–H and O–H groups in total. The summed E-state index contributed by atoms with van der Waals surface area (Å²) in [4.78, 5) is 37.3. The van der Waals surface area contributed by atoms with Crippen LogP contribution >= 0.6 is 11.6 Å². The van der Waals surface area contributed by atoms with E-state index in [-0.39, 0.29) is 17.9 Å². The zero-order valence-corrected chi connectivity index (χ0v) is 15.8. The zero-order chi connectivity index (χ0) is 20.4. The van der Waals surface area contributed by atoms with Gasteiger partial charge in [-0.1, -0.05) is 41.4 Å². The smallest absolute Gasteiger partial charge is 0.295 e. The second-order valence-electron chi connectivity index (χ2n) is 6.53. The van der Waals surface area contributed by atoms with Gasteiger partial charge in [0.25, 0.3) is 11.7 Å². The summed E-state index contributed by atoms with van der Waals surface area (Å²) in [5.41, 5.74) is 1.82. The number of aliphatic carboxylic acids is 1. The predicted octanol–water partition coefficient (Wildman–Crippen LogP) is 2.21. The minimum Gasteiger partial charge on any atom is -0.550 e. The quantitative estimate of drug-likeness (QED) is 0.473. The third kappa shape index (κ3) is 3.77. The van der Waals surface area contributed by atoms with E-state index in [1.165, 1.54) is 0 Å². The lowest BCUT2D eigenvalue weighted by Gasteiger charge is -2.25. The lowest BCUT2D eigenvalue weighted by atomic mass is 9.94. The molecule has 3 rings (SSSR count). The van der Waals surface area contributed by atoms with Crippen LogP contribution in [0.5, 0.6) is 0 Å². The Kier molecular flexibility index (Phi) is 5.51. The summed E-state index contributed by atoms with van der Waals surface area (Å²) in [6.07, 6.45) is -0.420. The molecule has 2 aromatic rings. The van der Waals surface area contributed by atoms with Crippen molar-refractivity contribution in [2.75, 3.05) is 6.54 Å². The number of carboxylic acid groups (broad SMARTS) is 1. The highest BCUT2D eigenvalue weighted by molar-refractivity contribution is 6.46. The average Bonchev–Trinajstić information content (AvgIpc) is 2.91. The minimum atomic E-state index is -1.33. The topological polar surface area (TPSA) is 97.7 Å². The molecule has 0 radical (unpaired) electrons. The molecule has 1 atom stereocenters. The molecule has 1 fully saturated rings. The van der Waals surface area contributed by atoms with Gasteiger partial charge in [0, 0.05) is 29.5 Å². The first-order valence-corrected chi connectivity index (χ1v) is 8.98. The number of ketones is 1. The van der Waals surface area contributed by atoms with Crippen LogP contribution < -0.4 is 5.11 Å².